The topological polar surface area (TPSA) is 29.5 Å². The first-order valence-corrected chi connectivity index (χ1v) is 6.38. The van der Waals surface area contributed by atoms with Crippen molar-refractivity contribution in [3.63, 3.8) is 0 Å². The van der Waals surface area contributed by atoms with Gasteiger partial charge in [0.25, 0.3) is 0 Å². The summed E-state index contributed by atoms with van der Waals surface area (Å²) in [5.74, 6) is -0.240. The zero-order valence-electron chi connectivity index (χ0n) is 9.65. The van der Waals surface area contributed by atoms with Gasteiger partial charge in [0.15, 0.2) is 0 Å². The molecule has 0 aliphatic carbocycles. The van der Waals surface area contributed by atoms with Crippen molar-refractivity contribution in [1.29, 1.82) is 0 Å². The van der Waals surface area contributed by atoms with Crippen molar-refractivity contribution >= 4 is 21.4 Å². The number of fused-ring (bicyclic) bond motifs is 1. The number of halogens is 1. The van der Waals surface area contributed by atoms with Crippen molar-refractivity contribution in [2.45, 2.75) is 18.9 Å². The molecule has 2 nitrogen and oxygen atoms in total. The van der Waals surface area contributed by atoms with Crippen LogP contribution in [0.1, 0.15) is 23.8 Å². The van der Waals surface area contributed by atoms with Crippen LogP contribution in [-0.2, 0) is 4.74 Å². The van der Waals surface area contributed by atoms with Gasteiger partial charge in [-0.05, 0) is 42.5 Å². The van der Waals surface area contributed by atoms with E-state index in [0.29, 0.717) is 13.0 Å². The number of aliphatic hydroxyl groups is 1. The van der Waals surface area contributed by atoms with E-state index in [9.17, 15) is 9.50 Å². The lowest BCUT2D eigenvalue weighted by atomic mass is 10.1. The maximum Gasteiger partial charge on any atom is 0.123 e. The molecule has 1 atom stereocenters. The quantitative estimate of drug-likeness (QED) is 0.827. The Morgan fingerprint density at radius 1 is 1.41 bits per heavy atom. The van der Waals surface area contributed by atoms with Crippen molar-refractivity contribution in [3.8, 4) is 0 Å². The maximum atomic E-state index is 13.0. The van der Waals surface area contributed by atoms with Gasteiger partial charge in [-0.1, -0.05) is 0 Å². The summed E-state index contributed by atoms with van der Waals surface area (Å²) in [6, 6.07) is 6.55. The van der Waals surface area contributed by atoms with Crippen LogP contribution in [0.4, 0.5) is 4.39 Å². The van der Waals surface area contributed by atoms with Gasteiger partial charge in [-0.2, -0.15) is 0 Å². The normalized spacial score (nSPS) is 13.1. The number of rotatable bonds is 5. The summed E-state index contributed by atoms with van der Waals surface area (Å²) in [6.07, 6.45) is 1.01. The van der Waals surface area contributed by atoms with Crippen LogP contribution in [0, 0.1) is 5.82 Å². The molecule has 1 N–H and O–H groups in total. The van der Waals surface area contributed by atoms with Crippen molar-refractivity contribution in [3.05, 3.63) is 35.0 Å². The first kappa shape index (κ1) is 12.5. The highest BCUT2D eigenvalue weighted by atomic mass is 32.1. The fraction of sp³-hybridized carbons (Fsp3) is 0.385. The summed E-state index contributed by atoms with van der Waals surface area (Å²) in [7, 11) is 1.65. The summed E-state index contributed by atoms with van der Waals surface area (Å²) < 4.78 is 19.0. The standard InChI is InChI=1S/C13H15FO2S/c1-16-6-2-3-11(15)13-8-9-7-10(14)4-5-12(9)17-13/h4-5,7-8,11,15H,2-3,6H2,1H3. The predicted molar refractivity (Wildman–Crippen MR) is 67.9 cm³/mol. The molecule has 1 heterocycles. The minimum Gasteiger partial charge on any atom is -0.388 e. The second-order valence-corrected chi connectivity index (χ2v) is 5.10. The summed E-state index contributed by atoms with van der Waals surface area (Å²) >= 11 is 1.51. The second-order valence-electron chi connectivity index (χ2n) is 3.98. The Kier molecular flexibility index (Phi) is 4.10. The first-order valence-electron chi connectivity index (χ1n) is 5.56. The number of ether oxygens (including phenoxy) is 1. The molecule has 0 spiro atoms. The van der Waals surface area contributed by atoms with E-state index in [1.165, 1.54) is 23.5 Å². The largest absolute Gasteiger partial charge is 0.388 e. The zero-order chi connectivity index (χ0) is 12.3. The molecular weight excluding hydrogens is 239 g/mol. The van der Waals surface area contributed by atoms with Crippen LogP contribution >= 0.6 is 11.3 Å². The molecule has 1 aromatic carbocycles. The molecule has 0 aliphatic heterocycles. The number of methoxy groups -OCH3 is 1. The van der Waals surface area contributed by atoms with E-state index in [4.69, 9.17) is 4.74 Å². The van der Waals surface area contributed by atoms with Gasteiger partial charge in [0, 0.05) is 23.3 Å². The third-order valence-electron chi connectivity index (χ3n) is 2.65. The molecule has 2 rings (SSSR count). The molecule has 2 aromatic rings. The van der Waals surface area contributed by atoms with Gasteiger partial charge in [-0.25, -0.2) is 4.39 Å². The molecule has 0 amide bonds. The van der Waals surface area contributed by atoms with Crippen LogP contribution in [0.15, 0.2) is 24.3 Å². The highest BCUT2D eigenvalue weighted by Gasteiger charge is 2.11. The molecular formula is C13H15FO2S. The second kappa shape index (κ2) is 5.58. The molecule has 0 saturated carbocycles. The fourth-order valence-corrected chi connectivity index (χ4v) is 2.83. The van der Waals surface area contributed by atoms with E-state index in [0.717, 1.165) is 21.4 Å². The Balaban J connectivity index is 2.12. The van der Waals surface area contributed by atoms with E-state index >= 15 is 0 Å². The van der Waals surface area contributed by atoms with Gasteiger partial charge in [-0.15, -0.1) is 11.3 Å². The monoisotopic (exact) mass is 254 g/mol. The zero-order valence-corrected chi connectivity index (χ0v) is 10.5. The molecule has 0 fully saturated rings. The van der Waals surface area contributed by atoms with Crippen molar-refractivity contribution in [1.82, 2.24) is 0 Å². The minimum absolute atomic E-state index is 0.240. The lowest BCUT2D eigenvalue weighted by molar-refractivity contribution is 0.138. The van der Waals surface area contributed by atoms with Crippen molar-refractivity contribution in [2.75, 3.05) is 13.7 Å². The molecule has 92 valence electrons. The fourth-order valence-electron chi connectivity index (χ4n) is 1.76. The predicted octanol–water partition coefficient (Wildman–Crippen LogP) is 3.50. The Labute approximate surface area is 104 Å². The molecule has 0 bridgehead atoms. The van der Waals surface area contributed by atoms with E-state index in [1.807, 2.05) is 6.07 Å². The van der Waals surface area contributed by atoms with Gasteiger partial charge < -0.3 is 9.84 Å². The Morgan fingerprint density at radius 2 is 2.24 bits per heavy atom. The molecule has 4 heteroatoms. The highest BCUT2D eigenvalue weighted by Crippen LogP contribution is 2.32. The SMILES string of the molecule is COCCCC(O)c1cc2cc(F)ccc2s1. The first-order chi connectivity index (χ1) is 8.20. The van der Waals surface area contributed by atoms with Crippen LogP contribution in [0.3, 0.4) is 0 Å². The number of hydrogen-bond acceptors (Lipinski definition) is 3. The van der Waals surface area contributed by atoms with Gasteiger partial charge in [0.1, 0.15) is 5.82 Å². The average molecular weight is 254 g/mol. The smallest absolute Gasteiger partial charge is 0.123 e. The van der Waals surface area contributed by atoms with Gasteiger partial charge in [-0.3, -0.25) is 0 Å². The number of thiophene rings is 1. The minimum atomic E-state index is -0.481. The van der Waals surface area contributed by atoms with E-state index in [-0.39, 0.29) is 5.82 Å². The highest BCUT2D eigenvalue weighted by molar-refractivity contribution is 7.19. The van der Waals surface area contributed by atoms with Crippen LogP contribution in [0.2, 0.25) is 0 Å². The van der Waals surface area contributed by atoms with Gasteiger partial charge in [0.05, 0.1) is 6.10 Å². The summed E-state index contributed by atoms with van der Waals surface area (Å²) in [5.41, 5.74) is 0. The Morgan fingerprint density at radius 3 is 3.00 bits per heavy atom. The van der Waals surface area contributed by atoms with Gasteiger partial charge >= 0.3 is 0 Å². The number of benzene rings is 1. The maximum absolute atomic E-state index is 13.0. The third-order valence-corrected chi connectivity index (χ3v) is 3.87. The molecule has 0 saturated heterocycles. The summed E-state index contributed by atoms with van der Waals surface area (Å²) in [6.45, 7) is 0.649. The molecule has 1 unspecified atom stereocenters. The lowest BCUT2D eigenvalue weighted by Crippen LogP contribution is -1.97. The van der Waals surface area contributed by atoms with Crippen molar-refractivity contribution in [2.24, 2.45) is 0 Å². The van der Waals surface area contributed by atoms with Crippen LogP contribution < -0.4 is 0 Å². The van der Waals surface area contributed by atoms with E-state index < -0.39 is 6.10 Å². The third kappa shape index (κ3) is 3.03. The van der Waals surface area contributed by atoms with Crippen LogP contribution in [-0.4, -0.2) is 18.8 Å². The van der Waals surface area contributed by atoms with Crippen LogP contribution in [0.5, 0.6) is 0 Å². The Hall–Kier alpha value is -0.970. The lowest BCUT2D eigenvalue weighted by Gasteiger charge is -2.06. The summed E-state index contributed by atoms with van der Waals surface area (Å²) in [4.78, 5) is 0.890. The molecule has 1 aromatic heterocycles. The van der Waals surface area contributed by atoms with Gasteiger partial charge in [0.2, 0.25) is 0 Å². The number of hydrogen-bond donors (Lipinski definition) is 1. The molecule has 0 aliphatic rings. The summed E-state index contributed by atoms with van der Waals surface area (Å²) in [5, 5.41) is 10.8. The van der Waals surface area contributed by atoms with Crippen molar-refractivity contribution < 1.29 is 14.2 Å². The van der Waals surface area contributed by atoms with E-state index in [1.54, 1.807) is 13.2 Å². The molecule has 0 radical (unpaired) electrons. The molecule has 17 heavy (non-hydrogen) atoms. The average Bonchev–Trinajstić information content (AvgIpc) is 2.72. The van der Waals surface area contributed by atoms with Crippen LogP contribution in [0.25, 0.3) is 10.1 Å². The van der Waals surface area contributed by atoms with E-state index in [2.05, 4.69) is 0 Å². The Bertz CT molecular complexity index is 495. The number of aliphatic hydroxyl groups excluding tert-OH is 1.